The summed E-state index contributed by atoms with van der Waals surface area (Å²) in [7, 11) is 0. The van der Waals surface area contributed by atoms with Crippen LogP contribution in [-0.4, -0.2) is 5.91 Å². The number of para-hydroxylation sites is 1. The molecule has 30 aromatic rings. The third-order valence-corrected chi connectivity index (χ3v) is 26.4. The van der Waals surface area contributed by atoms with Gasteiger partial charge < -0.3 is 0 Å². The summed E-state index contributed by atoms with van der Waals surface area (Å²) < 4.78 is 0. The van der Waals surface area contributed by atoms with Gasteiger partial charge in [-0.15, -0.1) is 0 Å². The number of carbonyl (C=O) groups is 1. The molecule has 0 atom stereocenters. The van der Waals surface area contributed by atoms with Crippen LogP contribution in [0.5, 0.6) is 0 Å². The lowest BCUT2D eigenvalue weighted by Crippen LogP contribution is -2.59. The number of hydrogen-bond donors (Lipinski definition) is 0. The first-order valence-corrected chi connectivity index (χ1v) is 27.6. The molecule has 35 rings (SSSR count). The fourth-order valence-corrected chi connectivity index (χ4v) is 26.2. The molecule has 75 heavy (non-hydrogen) atoms. The van der Waals surface area contributed by atoms with Gasteiger partial charge in [0.25, 0.3) is 5.91 Å². The summed E-state index contributed by atoms with van der Waals surface area (Å²) in [6.07, 6.45) is 0. The van der Waals surface area contributed by atoms with Gasteiger partial charge in [-0.2, -0.15) is 0 Å². The van der Waals surface area contributed by atoms with Crippen molar-refractivity contribution in [3.05, 3.63) is 88.0 Å². The maximum absolute atomic E-state index is 17.1. The fraction of sp³-hybridized carbons (Fsp3) is 0.0274. The van der Waals surface area contributed by atoms with Crippen molar-refractivity contribution in [2.45, 2.75) is 11.0 Å². The van der Waals surface area contributed by atoms with E-state index in [1.807, 2.05) is 0 Å². The van der Waals surface area contributed by atoms with Gasteiger partial charge in [0.2, 0.25) is 0 Å². The van der Waals surface area contributed by atoms with Crippen LogP contribution in [0.2, 0.25) is 0 Å². The molecule has 30 aromatic carbocycles. The van der Waals surface area contributed by atoms with Crippen LogP contribution < -0.4 is 4.90 Å². The highest BCUT2D eigenvalue weighted by Crippen LogP contribution is 2.87. The molecule has 0 saturated heterocycles. The summed E-state index contributed by atoms with van der Waals surface area (Å²) in [6, 6.07) is 20.0. The van der Waals surface area contributed by atoms with Crippen molar-refractivity contribution in [3.63, 3.8) is 0 Å². The lowest BCUT2D eigenvalue weighted by molar-refractivity contribution is 0.0958. The van der Waals surface area contributed by atoms with Crippen LogP contribution in [-0.2, 0) is 11.0 Å². The van der Waals surface area contributed by atoms with Crippen molar-refractivity contribution in [1.29, 1.82) is 0 Å². The first kappa shape index (κ1) is 28.0. The fourth-order valence-electron chi connectivity index (χ4n) is 26.2. The zero-order valence-electron chi connectivity index (χ0n) is 38.1. The van der Waals surface area contributed by atoms with Gasteiger partial charge in [0, 0.05) is 22.4 Å². The zero-order valence-corrected chi connectivity index (χ0v) is 38.1. The summed E-state index contributed by atoms with van der Waals surface area (Å²) in [5.41, 5.74) is 7.79. The second-order valence-corrected chi connectivity index (χ2v) is 26.7. The number of anilines is 1. The number of nitrogens with zero attached hydrogens (tertiary/aromatic N) is 1. The zero-order chi connectivity index (χ0) is 44.7. The quantitative estimate of drug-likeness (QED) is 0.150. The second-order valence-electron chi connectivity index (χ2n) is 26.7. The smallest absolute Gasteiger partial charge is 0.259 e. The highest BCUT2D eigenvalue weighted by molar-refractivity contribution is 6.82. The Balaban J connectivity index is 1.13. The van der Waals surface area contributed by atoms with E-state index in [1.54, 1.807) is 280 Å². The van der Waals surface area contributed by atoms with Crippen molar-refractivity contribution in [3.8, 4) is 0 Å². The highest BCUT2D eigenvalue weighted by Gasteiger charge is 2.76. The third kappa shape index (κ3) is 1.52. The van der Waals surface area contributed by atoms with E-state index in [2.05, 4.69) is 59.5 Å². The molecule has 1 amide bonds. The SMILES string of the molecule is O=C(c1ccccc1)N1c2ccccc2C23c4c5c6c7c8c9c(c%10c%11c2c2c4c4c%12c5c5c6c6c8c8c%13c9c9c%10c%10c%11c%11c2c2c4c4c%12c%12c5c5c6c8c6c8c%13c9c9c%10c%10c%11c2c2c4c4c%12c5c6c5c8c9c%10c2c45)C713. The number of benzene rings is 20. The van der Waals surface area contributed by atoms with Crippen LogP contribution in [0.15, 0.2) is 54.6 Å². The second kappa shape index (κ2) is 6.44. The minimum absolute atomic E-state index is 0.137. The molecular formula is C73H9NO. The van der Waals surface area contributed by atoms with E-state index in [0.717, 1.165) is 11.3 Å². The van der Waals surface area contributed by atoms with Crippen LogP contribution in [0.3, 0.4) is 0 Å². The van der Waals surface area contributed by atoms with E-state index in [4.69, 9.17) is 0 Å². The molecule has 4 aliphatic carbocycles. The molecule has 0 saturated carbocycles. The lowest BCUT2D eigenvalue weighted by atomic mass is 9.52. The average Bonchev–Trinajstić information content (AvgIpc) is 2.65. The highest BCUT2D eigenvalue weighted by atomic mass is 16.2. The predicted octanol–water partition coefficient (Wildman–Crippen LogP) is 19.0. The molecule has 2 nitrogen and oxygen atoms in total. The average molecular weight is 916 g/mol. The van der Waals surface area contributed by atoms with Crippen molar-refractivity contribution < 1.29 is 4.79 Å². The molecule has 1 aliphatic heterocycles. The van der Waals surface area contributed by atoms with Crippen molar-refractivity contribution >= 4 is 302 Å². The topological polar surface area (TPSA) is 20.3 Å². The third-order valence-electron chi connectivity index (χ3n) is 26.4. The van der Waals surface area contributed by atoms with Crippen LogP contribution in [0.25, 0.3) is 291 Å². The van der Waals surface area contributed by atoms with E-state index >= 15 is 4.79 Å². The molecule has 312 valence electrons. The minimum atomic E-state index is -0.866. The summed E-state index contributed by atoms with van der Waals surface area (Å²) in [5, 5.41) is 85.3. The molecular weight excluding hydrogens is 907 g/mol. The van der Waals surface area contributed by atoms with Gasteiger partial charge in [-0.1, -0.05) is 36.4 Å². The molecule has 0 N–H and O–H groups in total. The van der Waals surface area contributed by atoms with E-state index in [1.165, 1.54) is 38.2 Å². The minimum Gasteiger partial charge on any atom is -0.292 e. The maximum atomic E-state index is 17.1. The Morgan fingerprint density at radius 2 is 0.453 bits per heavy atom. The van der Waals surface area contributed by atoms with Gasteiger partial charge in [-0.05, 0) is 326 Å². The Bertz CT molecular complexity index is 7650. The number of hydrogen-bond acceptors (Lipinski definition) is 1. The first-order valence-electron chi connectivity index (χ1n) is 27.6. The number of fused-ring (bicyclic) bond motifs is 1. The summed E-state index contributed by atoms with van der Waals surface area (Å²) in [6.45, 7) is 0. The number of carbonyl (C=O) groups excluding carboxylic acids is 1. The van der Waals surface area contributed by atoms with Crippen LogP contribution in [0, 0.1) is 0 Å². The maximum Gasteiger partial charge on any atom is 0.259 e. The predicted molar refractivity (Wildman–Crippen MR) is 313 cm³/mol. The molecule has 2 heteroatoms. The summed E-state index contributed by atoms with van der Waals surface area (Å²) in [5.74, 6) is 0.137. The van der Waals surface area contributed by atoms with Gasteiger partial charge in [0.15, 0.2) is 0 Å². The van der Waals surface area contributed by atoms with Crippen molar-refractivity contribution in [2.24, 2.45) is 0 Å². The number of rotatable bonds is 1. The summed E-state index contributed by atoms with van der Waals surface area (Å²) >= 11 is 0. The molecule has 0 radical (unpaired) electrons. The van der Waals surface area contributed by atoms with E-state index in [9.17, 15) is 0 Å². The van der Waals surface area contributed by atoms with Gasteiger partial charge in [0.1, 0.15) is 5.54 Å². The Morgan fingerprint density at radius 1 is 0.240 bits per heavy atom. The van der Waals surface area contributed by atoms with Gasteiger partial charge >= 0.3 is 0 Å². The molecule has 0 bridgehead atoms. The molecule has 5 aliphatic rings. The van der Waals surface area contributed by atoms with Crippen molar-refractivity contribution in [2.75, 3.05) is 4.90 Å². The van der Waals surface area contributed by atoms with Gasteiger partial charge in [-0.25, -0.2) is 0 Å². The lowest BCUT2D eigenvalue weighted by Gasteiger charge is -2.53. The Kier molecular flexibility index (Phi) is 2.40. The molecule has 0 fully saturated rings. The van der Waals surface area contributed by atoms with Crippen molar-refractivity contribution in [1.82, 2.24) is 0 Å². The van der Waals surface area contributed by atoms with E-state index in [0.29, 0.717) is 0 Å². The monoisotopic (exact) mass is 915 g/mol. The van der Waals surface area contributed by atoms with E-state index < -0.39 is 11.0 Å². The first-order chi connectivity index (χ1) is 37.4. The van der Waals surface area contributed by atoms with Crippen LogP contribution in [0.1, 0.15) is 38.2 Å². The Morgan fingerprint density at radius 3 is 0.720 bits per heavy atom. The molecule has 0 aromatic heterocycles. The van der Waals surface area contributed by atoms with E-state index in [-0.39, 0.29) is 5.91 Å². The molecule has 2 spiro atoms. The Labute approximate surface area is 408 Å². The standard InChI is InChI=1S/C73H9NO/c75-71(10-6-2-1-3-7-10)74-12-9-5-4-8-11(12)72-67-59-51-41-31-23-15-13-14-17-21-19(15)27-35-29(21)39-33-25(17)26-18(14)22-20-16(13)24(23)32-38-28(20)36-30(22)40-34(26)44-43(33)55-49(39)57-47(35)53(45(51)37(27)31)61(67)63(57)69-65(55)66-56(44)50(40)58-48(36)54-46(38)52(42(32)41)60(59)68(72)62(54)64(58)70(66)73(69,72)74/h1-9H. The molecule has 0 unspecified atom stereocenters. The summed E-state index contributed by atoms with van der Waals surface area (Å²) in [4.78, 5) is 19.6. The Hall–Kier alpha value is -9.63. The van der Waals surface area contributed by atoms with Gasteiger partial charge in [0.05, 0.1) is 5.41 Å². The number of amides is 1. The molecule has 1 heterocycles. The largest absolute Gasteiger partial charge is 0.292 e. The van der Waals surface area contributed by atoms with Crippen LogP contribution in [0.4, 0.5) is 5.69 Å². The van der Waals surface area contributed by atoms with Gasteiger partial charge in [-0.3, -0.25) is 9.69 Å². The normalized spacial score (nSPS) is 21.5. The van der Waals surface area contributed by atoms with Crippen LogP contribution >= 0.6 is 0 Å².